The first-order valence-corrected chi connectivity index (χ1v) is 6.68. The lowest BCUT2D eigenvalue weighted by Gasteiger charge is -2.03. The molecule has 0 radical (unpaired) electrons. The summed E-state index contributed by atoms with van der Waals surface area (Å²) in [6.45, 7) is 0. The van der Waals surface area contributed by atoms with Crippen LogP contribution in [0.2, 0.25) is 0 Å². The number of hydrogen-bond donors (Lipinski definition) is 2. The number of aromatic amines is 1. The van der Waals surface area contributed by atoms with E-state index in [4.69, 9.17) is 4.74 Å². The zero-order valence-electron chi connectivity index (χ0n) is 11.9. The second-order valence-electron chi connectivity index (χ2n) is 4.59. The number of anilines is 1. The number of fused-ring (bicyclic) bond motifs is 1. The van der Waals surface area contributed by atoms with Crippen LogP contribution in [-0.2, 0) is 0 Å². The van der Waals surface area contributed by atoms with Crippen molar-refractivity contribution >= 4 is 22.8 Å². The number of methoxy groups -OCH3 is 1. The highest BCUT2D eigenvalue weighted by Gasteiger charge is 2.04. The van der Waals surface area contributed by atoms with Gasteiger partial charge in [0.05, 0.1) is 18.7 Å². The minimum absolute atomic E-state index is 0.222. The maximum Gasteiger partial charge on any atom is 0.272 e. The number of hydrazone groups is 1. The molecular formula is C16H14N4O2. The van der Waals surface area contributed by atoms with Crippen LogP contribution in [0.25, 0.3) is 10.8 Å². The highest BCUT2D eigenvalue weighted by molar-refractivity contribution is 5.91. The number of nitrogens with zero attached hydrogens (tertiary/aromatic N) is 2. The van der Waals surface area contributed by atoms with E-state index in [1.165, 1.54) is 0 Å². The zero-order chi connectivity index (χ0) is 15.4. The number of hydrogen-bond acceptors (Lipinski definition) is 5. The molecule has 0 saturated carbocycles. The third-order valence-electron chi connectivity index (χ3n) is 3.20. The first-order valence-electron chi connectivity index (χ1n) is 6.68. The van der Waals surface area contributed by atoms with Gasteiger partial charge in [-0.25, -0.2) is 5.10 Å². The quantitative estimate of drug-likeness (QED) is 0.572. The normalized spacial score (nSPS) is 11.0. The van der Waals surface area contributed by atoms with Gasteiger partial charge in [0.1, 0.15) is 5.75 Å². The Hall–Kier alpha value is -3.15. The average Bonchev–Trinajstić information content (AvgIpc) is 2.58. The molecular weight excluding hydrogens is 280 g/mol. The van der Waals surface area contributed by atoms with E-state index in [1.807, 2.05) is 42.5 Å². The summed E-state index contributed by atoms with van der Waals surface area (Å²) in [5, 5.41) is 11.9. The van der Waals surface area contributed by atoms with E-state index in [9.17, 15) is 4.79 Å². The van der Waals surface area contributed by atoms with E-state index in [-0.39, 0.29) is 5.56 Å². The van der Waals surface area contributed by atoms with Crippen LogP contribution >= 0.6 is 0 Å². The number of H-pyrrole nitrogens is 1. The first-order chi connectivity index (χ1) is 10.8. The maximum atomic E-state index is 11.7. The molecule has 2 N–H and O–H groups in total. The van der Waals surface area contributed by atoms with Crippen LogP contribution in [0.1, 0.15) is 5.56 Å². The van der Waals surface area contributed by atoms with Gasteiger partial charge in [0, 0.05) is 5.39 Å². The predicted octanol–water partition coefficient (Wildman–Crippen LogP) is 2.38. The van der Waals surface area contributed by atoms with E-state index in [1.54, 1.807) is 19.4 Å². The van der Waals surface area contributed by atoms with Crippen molar-refractivity contribution in [2.45, 2.75) is 0 Å². The molecule has 0 fully saturated rings. The minimum atomic E-state index is -0.222. The average molecular weight is 294 g/mol. The van der Waals surface area contributed by atoms with Crippen LogP contribution in [0.15, 0.2) is 58.4 Å². The monoisotopic (exact) mass is 294 g/mol. The molecule has 0 spiro atoms. The summed E-state index contributed by atoms with van der Waals surface area (Å²) in [5.74, 6) is 1.29. The molecule has 110 valence electrons. The Balaban J connectivity index is 1.83. The highest BCUT2D eigenvalue weighted by Crippen LogP contribution is 2.16. The number of nitrogens with one attached hydrogen (secondary N) is 2. The Morgan fingerprint density at radius 3 is 2.59 bits per heavy atom. The molecule has 22 heavy (non-hydrogen) atoms. The molecule has 1 aromatic heterocycles. The molecule has 0 atom stereocenters. The molecule has 0 saturated heterocycles. The summed E-state index contributed by atoms with van der Waals surface area (Å²) in [6.07, 6.45) is 1.67. The van der Waals surface area contributed by atoms with Gasteiger partial charge >= 0.3 is 0 Å². The van der Waals surface area contributed by atoms with Gasteiger partial charge in [0.2, 0.25) is 0 Å². The molecule has 3 rings (SSSR count). The van der Waals surface area contributed by atoms with Crippen LogP contribution in [-0.4, -0.2) is 23.5 Å². The van der Waals surface area contributed by atoms with E-state index < -0.39 is 0 Å². The van der Waals surface area contributed by atoms with Crippen molar-refractivity contribution in [3.63, 3.8) is 0 Å². The van der Waals surface area contributed by atoms with E-state index in [0.717, 1.165) is 16.7 Å². The van der Waals surface area contributed by atoms with Crippen molar-refractivity contribution in [3.05, 3.63) is 64.4 Å². The lowest BCUT2D eigenvalue weighted by molar-refractivity contribution is 0.415. The zero-order valence-corrected chi connectivity index (χ0v) is 11.9. The molecule has 2 aromatic carbocycles. The lowest BCUT2D eigenvalue weighted by atomic mass is 10.2. The van der Waals surface area contributed by atoms with Gasteiger partial charge in [-0.1, -0.05) is 18.2 Å². The van der Waals surface area contributed by atoms with Crippen LogP contribution in [0.4, 0.5) is 5.82 Å². The standard InChI is InChI=1S/C16H14N4O2/c1-22-12-8-6-11(7-9-12)10-17-18-15-13-4-2-3-5-14(13)16(21)20-19-15/h2-10H,1H3,(H,18,19)(H,20,21)/b17-10-. The Labute approximate surface area is 126 Å². The van der Waals surface area contributed by atoms with Crippen molar-refractivity contribution in [1.82, 2.24) is 10.2 Å². The summed E-state index contributed by atoms with van der Waals surface area (Å²) in [4.78, 5) is 11.7. The van der Waals surface area contributed by atoms with Crippen molar-refractivity contribution in [1.29, 1.82) is 0 Å². The second kappa shape index (κ2) is 6.09. The van der Waals surface area contributed by atoms with Crippen LogP contribution < -0.4 is 15.7 Å². The number of benzene rings is 2. The Morgan fingerprint density at radius 2 is 1.86 bits per heavy atom. The van der Waals surface area contributed by atoms with E-state index in [2.05, 4.69) is 20.7 Å². The summed E-state index contributed by atoms with van der Waals surface area (Å²) >= 11 is 0. The van der Waals surface area contributed by atoms with Gasteiger partial charge in [-0.3, -0.25) is 10.2 Å². The van der Waals surface area contributed by atoms with E-state index >= 15 is 0 Å². The van der Waals surface area contributed by atoms with Gasteiger partial charge in [-0.05, 0) is 35.9 Å². The number of rotatable bonds is 4. The summed E-state index contributed by atoms with van der Waals surface area (Å²) in [7, 11) is 1.62. The molecule has 6 heteroatoms. The topological polar surface area (TPSA) is 79.4 Å². The van der Waals surface area contributed by atoms with Crippen molar-refractivity contribution < 1.29 is 4.74 Å². The minimum Gasteiger partial charge on any atom is -0.497 e. The third-order valence-corrected chi connectivity index (χ3v) is 3.20. The molecule has 0 amide bonds. The Morgan fingerprint density at radius 1 is 1.14 bits per heavy atom. The lowest BCUT2D eigenvalue weighted by Crippen LogP contribution is -2.10. The summed E-state index contributed by atoms with van der Waals surface area (Å²) in [5.41, 5.74) is 3.55. The maximum absolute atomic E-state index is 11.7. The van der Waals surface area contributed by atoms with Crippen LogP contribution in [0.3, 0.4) is 0 Å². The van der Waals surface area contributed by atoms with Gasteiger partial charge in [0.25, 0.3) is 5.56 Å². The summed E-state index contributed by atoms with van der Waals surface area (Å²) < 4.78 is 5.10. The number of aromatic nitrogens is 2. The highest BCUT2D eigenvalue weighted by atomic mass is 16.5. The first kappa shape index (κ1) is 13.8. The second-order valence-corrected chi connectivity index (χ2v) is 4.59. The SMILES string of the molecule is COc1ccc(/C=N\Nc2n[nH]c(=O)c3ccccc23)cc1. The molecule has 0 unspecified atom stereocenters. The van der Waals surface area contributed by atoms with Crippen molar-refractivity contribution in [2.24, 2.45) is 5.10 Å². The molecule has 0 aliphatic rings. The molecule has 0 bridgehead atoms. The number of ether oxygens (including phenoxy) is 1. The fourth-order valence-electron chi connectivity index (χ4n) is 2.06. The van der Waals surface area contributed by atoms with Gasteiger partial charge < -0.3 is 4.74 Å². The Kier molecular flexibility index (Phi) is 3.82. The smallest absolute Gasteiger partial charge is 0.272 e. The van der Waals surface area contributed by atoms with Gasteiger partial charge in [-0.2, -0.15) is 10.2 Å². The molecule has 6 nitrogen and oxygen atoms in total. The molecule has 0 aliphatic carbocycles. The van der Waals surface area contributed by atoms with Crippen LogP contribution in [0.5, 0.6) is 5.75 Å². The molecule has 3 aromatic rings. The van der Waals surface area contributed by atoms with E-state index in [0.29, 0.717) is 11.2 Å². The van der Waals surface area contributed by atoms with Crippen LogP contribution in [0, 0.1) is 0 Å². The Bertz CT molecular complexity index is 869. The largest absolute Gasteiger partial charge is 0.497 e. The third kappa shape index (κ3) is 2.80. The van der Waals surface area contributed by atoms with Gasteiger partial charge in [-0.15, -0.1) is 0 Å². The fourth-order valence-corrected chi connectivity index (χ4v) is 2.06. The fraction of sp³-hybridized carbons (Fsp3) is 0.0625. The molecule has 0 aliphatic heterocycles. The van der Waals surface area contributed by atoms with Crippen molar-refractivity contribution in [3.8, 4) is 5.75 Å². The molecule has 1 heterocycles. The predicted molar refractivity (Wildman–Crippen MR) is 86.6 cm³/mol. The van der Waals surface area contributed by atoms with Crippen molar-refractivity contribution in [2.75, 3.05) is 12.5 Å². The summed E-state index contributed by atoms with van der Waals surface area (Å²) in [6, 6.07) is 14.7. The van der Waals surface area contributed by atoms with Gasteiger partial charge in [0.15, 0.2) is 5.82 Å².